The molecule has 2 rings (SSSR count). The topological polar surface area (TPSA) is 36.4 Å². The van der Waals surface area contributed by atoms with E-state index in [-0.39, 0.29) is 10.9 Å². The van der Waals surface area contributed by atoms with Crippen LogP contribution in [0.2, 0.25) is 5.02 Å². The summed E-state index contributed by atoms with van der Waals surface area (Å²) < 4.78 is 13.4. The van der Waals surface area contributed by atoms with Crippen LogP contribution in [-0.4, -0.2) is 11.3 Å². The van der Waals surface area contributed by atoms with Gasteiger partial charge in [-0.05, 0) is 42.0 Å². The van der Waals surface area contributed by atoms with Gasteiger partial charge in [-0.2, -0.15) is 5.10 Å². The molecule has 2 aromatic rings. The lowest BCUT2D eigenvalue weighted by Crippen LogP contribution is -2.24. The molecule has 0 radical (unpaired) electrons. The van der Waals surface area contributed by atoms with Crippen molar-refractivity contribution in [3.05, 3.63) is 64.9 Å². The van der Waals surface area contributed by atoms with E-state index in [1.807, 2.05) is 12.1 Å². The van der Waals surface area contributed by atoms with Crippen molar-refractivity contribution in [1.82, 2.24) is 5.43 Å². The highest BCUT2D eigenvalue weighted by atomic mass is 35.5. The Bertz CT molecular complexity index is 629. The minimum atomic E-state index is -0.377. The zero-order valence-electron chi connectivity index (χ0n) is 10.3. The molecular formula is C14H11ClFN3S. The average Bonchev–Trinajstić information content (AvgIpc) is 2.44. The van der Waals surface area contributed by atoms with Crippen LogP contribution in [0, 0.1) is 5.82 Å². The first-order valence-electron chi connectivity index (χ1n) is 5.75. The van der Waals surface area contributed by atoms with Crippen molar-refractivity contribution in [1.29, 1.82) is 0 Å². The molecule has 0 fully saturated rings. The molecule has 0 unspecified atom stereocenters. The van der Waals surface area contributed by atoms with Gasteiger partial charge in [0, 0.05) is 5.02 Å². The van der Waals surface area contributed by atoms with Gasteiger partial charge < -0.3 is 5.32 Å². The van der Waals surface area contributed by atoms with Crippen LogP contribution >= 0.6 is 23.8 Å². The van der Waals surface area contributed by atoms with Gasteiger partial charge in [-0.25, -0.2) is 4.39 Å². The molecule has 0 atom stereocenters. The zero-order valence-corrected chi connectivity index (χ0v) is 11.9. The molecular weight excluding hydrogens is 297 g/mol. The number of benzene rings is 2. The number of rotatable bonds is 3. The Morgan fingerprint density at radius 1 is 1.15 bits per heavy atom. The van der Waals surface area contributed by atoms with Crippen LogP contribution in [0.25, 0.3) is 0 Å². The fourth-order valence-electron chi connectivity index (χ4n) is 1.43. The molecule has 0 amide bonds. The fraction of sp³-hybridized carbons (Fsp3) is 0. The molecule has 0 aromatic heterocycles. The van der Waals surface area contributed by atoms with E-state index in [2.05, 4.69) is 15.8 Å². The predicted octanol–water partition coefficient (Wildman–Crippen LogP) is 3.80. The van der Waals surface area contributed by atoms with Crippen molar-refractivity contribution in [3.63, 3.8) is 0 Å². The highest BCUT2D eigenvalue weighted by molar-refractivity contribution is 7.80. The maximum atomic E-state index is 13.4. The second kappa shape index (κ2) is 6.98. The Morgan fingerprint density at radius 2 is 1.85 bits per heavy atom. The van der Waals surface area contributed by atoms with Crippen LogP contribution in [0.4, 0.5) is 10.1 Å². The number of hydrazone groups is 1. The monoisotopic (exact) mass is 307 g/mol. The molecule has 0 saturated carbocycles. The van der Waals surface area contributed by atoms with Crippen molar-refractivity contribution in [3.8, 4) is 0 Å². The Hall–Kier alpha value is -1.98. The van der Waals surface area contributed by atoms with E-state index >= 15 is 0 Å². The van der Waals surface area contributed by atoms with Crippen LogP contribution in [0.5, 0.6) is 0 Å². The standard InChI is InChI=1S/C14H11ClFN3S/c15-11-7-5-10(6-8-11)9-17-19-14(20)18-13-4-2-1-3-12(13)16/h1-9H,(H2,18,19,20)/b17-9-. The predicted molar refractivity (Wildman–Crippen MR) is 84.8 cm³/mol. The lowest BCUT2D eigenvalue weighted by molar-refractivity contribution is 0.632. The third kappa shape index (κ3) is 4.29. The number of halogens is 2. The molecule has 2 N–H and O–H groups in total. The van der Waals surface area contributed by atoms with Gasteiger partial charge in [0.05, 0.1) is 11.9 Å². The number of hydrogen-bond donors (Lipinski definition) is 2. The maximum absolute atomic E-state index is 13.4. The highest BCUT2D eigenvalue weighted by Crippen LogP contribution is 2.12. The lowest BCUT2D eigenvalue weighted by atomic mass is 10.2. The van der Waals surface area contributed by atoms with Gasteiger partial charge in [0.1, 0.15) is 5.82 Å². The van der Waals surface area contributed by atoms with E-state index in [0.29, 0.717) is 10.7 Å². The van der Waals surface area contributed by atoms with E-state index in [1.165, 1.54) is 6.07 Å². The van der Waals surface area contributed by atoms with Crippen molar-refractivity contribution in [2.45, 2.75) is 0 Å². The molecule has 0 aliphatic heterocycles. The summed E-state index contributed by atoms with van der Waals surface area (Å²) in [5.74, 6) is -0.377. The maximum Gasteiger partial charge on any atom is 0.191 e. The molecule has 6 heteroatoms. The first-order valence-corrected chi connectivity index (χ1v) is 6.54. The van der Waals surface area contributed by atoms with Gasteiger partial charge in [-0.1, -0.05) is 35.9 Å². The Balaban J connectivity index is 1.89. The van der Waals surface area contributed by atoms with Crippen LogP contribution in [0.1, 0.15) is 5.56 Å². The summed E-state index contributed by atoms with van der Waals surface area (Å²) in [6, 6.07) is 13.4. The number of para-hydroxylation sites is 1. The number of thiocarbonyl (C=S) groups is 1. The summed E-state index contributed by atoms with van der Waals surface area (Å²) >= 11 is 10.8. The smallest absolute Gasteiger partial charge is 0.191 e. The average molecular weight is 308 g/mol. The van der Waals surface area contributed by atoms with Gasteiger partial charge in [-0.15, -0.1) is 0 Å². The molecule has 2 aromatic carbocycles. The van der Waals surface area contributed by atoms with Crippen molar-refractivity contribution in [2.75, 3.05) is 5.32 Å². The molecule has 0 spiro atoms. The van der Waals surface area contributed by atoms with E-state index in [9.17, 15) is 4.39 Å². The van der Waals surface area contributed by atoms with Crippen molar-refractivity contribution < 1.29 is 4.39 Å². The third-order valence-corrected chi connectivity index (χ3v) is 2.82. The number of nitrogens with one attached hydrogen (secondary N) is 2. The van der Waals surface area contributed by atoms with E-state index in [0.717, 1.165) is 5.56 Å². The van der Waals surface area contributed by atoms with E-state index in [4.69, 9.17) is 23.8 Å². The molecule has 0 bridgehead atoms. The highest BCUT2D eigenvalue weighted by Gasteiger charge is 2.01. The second-order valence-corrected chi connectivity index (χ2v) is 4.70. The molecule has 0 heterocycles. The van der Waals surface area contributed by atoms with Crippen LogP contribution < -0.4 is 10.7 Å². The first kappa shape index (κ1) is 14.4. The molecule has 3 nitrogen and oxygen atoms in total. The summed E-state index contributed by atoms with van der Waals surface area (Å²) in [6.07, 6.45) is 1.59. The summed E-state index contributed by atoms with van der Waals surface area (Å²) in [6.45, 7) is 0. The largest absolute Gasteiger partial charge is 0.329 e. The quantitative estimate of drug-likeness (QED) is 0.514. The molecule has 0 aliphatic rings. The second-order valence-electron chi connectivity index (χ2n) is 3.86. The number of hydrogen-bond acceptors (Lipinski definition) is 2. The van der Waals surface area contributed by atoms with Crippen LogP contribution in [-0.2, 0) is 0 Å². The number of nitrogens with zero attached hydrogens (tertiary/aromatic N) is 1. The Labute approximate surface area is 126 Å². The first-order chi connectivity index (χ1) is 9.65. The van der Waals surface area contributed by atoms with Crippen molar-refractivity contribution >= 4 is 40.8 Å². The van der Waals surface area contributed by atoms with Gasteiger partial charge in [0.25, 0.3) is 0 Å². The van der Waals surface area contributed by atoms with E-state index in [1.54, 1.807) is 36.5 Å². The molecule has 20 heavy (non-hydrogen) atoms. The summed E-state index contributed by atoms with van der Waals surface area (Å²) in [7, 11) is 0. The summed E-state index contributed by atoms with van der Waals surface area (Å²) in [5, 5.41) is 7.54. The normalized spacial score (nSPS) is 10.5. The molecule has 0 saturated heterocycles. The van der Waals surface area contributed by atoms with Gasteiger partial charge >= 0.3 is 0 Å². The fourth-order valence-corrected chi connectivity index (χ4v) is 1.72. The summed E-state index contributed by atoms with van der Waals surface area (Å²) in [4.78, 5) is 0. The van der Waals surface area contributed by atoms with Gasteiger partial charge in [0.15, 0.2) is 5.11 Å². The third-order valence-electron chi connectivity index (χ3n) is 2.37. The minimum Gasteiger partial charge on any atom is -0.329 e. The lowest BCUT2D eigenvalue weighted by Gasteiger charge is -2.07. The molecule has 0 aliphatic carbocycles. The molecule has 102 valence electrons. The zero-order chi connectivity index (χ0) is 14.4. The minimum absolute atomic E-state index is 0.209. The Morgan fingerprint density at radius 3 is 2.55 bits per heavy atom. The van der Waals surface area contributed by atoms with Crippen LogP contribution in [0.15, 0.2) is 53.6 Å². The van der Waals surface area contributed by atoms with E-state index < -0.39 is 0 Å². The SMILES string of the molecule is Fc1ccccc1NC(=S)N/N=C\c1ccc(Cl)cc1. The van der Waals surface area contributed by atoms with Gasteiger partial charge in [-0.3, -0.25) is 5.43 Å². The van der Waals surface area contributed by atoms with Crippen LogP contribution in [0.3, 0.4) is 0 Å². The number of anilines is 1. The Kier molecular flexibility index (Phi) is 5.03. The summed E-state index contributed by atoms with van der Waals surface area (Å²) in [5.41, 5.74) is 3.78. The van der Waals surface area contributed by atoms with Gasteiger partial charge in [0.2, 0.25) is 0 Å². The van der Waals surface area contributed by atoms with Crippen molar-refractivity contribution in [2.24, 2.45) is 5.10 Å².